The summed E-state index contributed by atoms with van der Waals surface area (Å²) in [5, 5.41) is 0.264. The maximum atomic E-state index is 10.4. The summed E-state index contributed by atoms with van der Waals surface area (Å²) in [6, 6.07) is 0. The topological polar surface area (TPSA) is 64.7 Å². The first-order chi connectivity index (χ1) is 6.81. The first-order valence-electron chi connectivity index (χ1n) is 4.74. The molecule has 0 radical (unpaired) electrons. The van der Waals surface area contributed by atoms with Crippen molar-refractivity contribution in [3.05, 3.63) is 11.1 Å². The van der Waals surface area contributed by atoms with Crippen LogP contribution in [0.4, 0.5) is 0 Å². The van der Waals surface area contributed by atoms with E-state index in [0.29, 0.717) is 30.7 Å². The predicted octanol–water partition coefficient (Wildman–Crippen LogP) is 0.464. The minimum atomic E-state index is 0.0782. The third-order valence-electron chi connectivity index (χ3n) is 2.41. The lowest BCUT2D eigenvalue weighted by Crippen LogP contribution is -2.31. The van der Waals surface area contributed by atoms with Crippen LogP contribution in [0.3, 0.4) is 0 Å². The van der Waals surface area contributed by atoms with Crippen molar-refractivity contribution < 1.29 is 8.95 Å². The molecule has 1 fully saturated rings. The largest absolute Gasteiger partial charge is 0.524 e. The van der Waals surface area contributed by atoms with E-state index in [2.05, 4.69) is 4.99 Å². The molecule has 0 amide bonds. The van der Waals surface area contributed by atoms with Crippen LogP contribution >= 0.6 is 0 Å². The fourth-order valence-electron chi connectivity index (χ4n) is 1.60. The van der Waals surface area contributed by atoms with E-state index >= 15 is 0 Å². The highest BCUT2D eigenvalue weighted by atomic mass is 32.1. The van der Waals surface area contributed by atoms with Gasteiger partial charge in [0.1, 0.15) is 6.10 Å². The van der Waals surface area contributed by atoms with E-state index in [1.165, 1.54) is 12.8 Å². The van der Waals surface area contributed by atoms with Gasteiger partial charge >= 0.3 is 16.7 Å². The molecule has 2 N–H and O–H groups in total. The first kappa shape index (κ1) is 9.73. The molecule has 0 saturated heterocycles. The molecule has 0 aromatic rings. The summed E-state index contributed by atoms with van der Waals surface area (Å²) in [7, 11) is 0. The zero-order valence-electron chi connectivity index (χ0n) is 7.81. The third kappa shape index (κ3) is 2.16. The fourth-order valence-corrected chi connectivity index (χ4v) is 1.77. The molecule has 0 spiro atoms. The maximum absolute atomic E-state index is 10.4. The lowest BCUT2D eigenvalue weighted by Gasteiger charge is -2.21. The molecule has 0 aromatic carbocycles. The van der Waals surface area contributed by atoms with Gasteiger partial charge in [0.2, 0.25) is 0 Å². The summed E-state index contributed by atoms with van der Waals surface area (Å²) < 4.78 is 16.0. The monoisotopic (exact) mass is 213 g/mol. The van der Waals surface area contributed by atoms with Crippen LogP contribution in [0.25, 0.3) is 0 Å². The van der Waals surface area contributed by atoms with Gasteiger partial charge in [-0.05, 0) is 18.8 Å². The van der Waals surface area contributed by atoms with Gasteiger partial charge in [-0.15, -0.1) is 0 Å². The van der Waals surface area contributed by atoms with Crippen molar-refractivity contribution in [3.63, 3.8) is 0 Å². The molecule has 4 nitrogen and oxygen atoms in total. The molecule has 0 aromatic heterocycles. The number of aliphatic imine (C=N–C) groups is 1. The molecule has 0 unspecified atom stereocenters. The Bertz CT molecular complexity index is 297. The van der Waals surface area contributed by atoms with Crippen molar-refractivity contribution in [3.8, 4) is 0 Å². The van der Waals surface area contributed by atoms with Crippen molar-refractivity contribution in [1.29, 1.82) is 0 Å². The van der Waals surface area contributed by atoms with Crippen molar-refractivity contribution in [2.24, 2.45) is 16.6 Å². The van der Waals surface area contributed by atoms with E-state index in [-0.39, 0.29) is 11.1 Å². The van der Waals surface area contributed by atoms with E-state index in [1.54, 1.807) is 6.08 Å². The summed E-state index contributed by atoms with van der Waals surface area (Å²) in [5.41, 5.74) is 6.31. The first-order valence-corrected chi connectivity index (χ1v) is 5.48. The Hall–Kier alpha value is -0.810. The molecule has 1 aliphatic carbocycles. The highest BCUT2D eigenvalue weighted by Crippen LogP contribution is 2.36. The second-order valence-corrected chi connectivity index (χ2v) is 4.20. The van der Waals surface area contributed by atoms with Gasteiger partial charge < -0.3 is 10.5 Å². The van der Waals surface area contributed by atoms with Crippen LogP contribution in [-0.2, 0) is 20.6 Å². The standard InChI is InChI=1S/C9H13N2O2S/c10-8(14-12)5-7-9(6-1-2-6)13-4-3-11-7/h5-6,9H,1-4,10H2/q+1/t9-/m1/s1. The Morgan fingerprint density at radius 2 is 2.43 bits per heavy atom. The summed E-state index contributed by atoms with van der Waals surface area (Å²) in [4.78, 5) is 4.34. The average molecular weight is 213 g/mol. The van der Waals surface area contributed by atoms with Gasteiger partial charge in [-0.1, -0.05) is 0 Å². The Labute approximate surface area is 86.7 Å². The second kappa shape index (κ2) is 4.14. The van der Waals surface area contributed by atoms with Crippen LogP contribution in [0.5, 0.6) is 0 Å². The van der Waals surface area contributed by atoms with Crippen LogP contribution in [0.1, 0.15) is 12.8 Å². The quantitative estimate of drug-likeness (QED) is 0.693. The molecular formula is C9H13N2O2S+. The van der Waals surface area contributed by atoms with Crippen molar-refractivity contribution in [2.45, 2.75) is 18.9 Å². The molecule has 2 rings (SSSR count). The SMILES string of the molecule is NC(=CC1=NCCO[C@@H]1C1CC1)[S+]=O. The fraction of sp³-hybridized carbons (Fsp3) is 0.667. The van der Waals surface area contributed by atoms with Crippen LogP contribution in [0.2, 0.25) is 0 Å². The highest BCUT2D eigenvalue weighted by Gasteiger charge is 2.36. The maximum Gasteiger partial charge on any atom is 0.524 e. The smallest absolute Gasteiger partial charge is 0.370 e. The van der Waals surface area contributed by atoms with Gasteiger partial charge in [-0.3, -0.25) is 4.99 Å². The predicted molar refractivity (Wildman–Crippen MR) is 55.1 cm³/mol. The minimum absolute atomic E-state index is 0.0782. The third-order valence-corrected chi connectivity index (χ3v) is 2.72. The summed E-state index contributed by atoms with van der Waals surface area (Å²) in [6.45, 7) is 1.36. The zero-order valence-corrected chi connectivity index (χ0v) is 8.63. The summed E-state index contributed by atoms with van der Waals surface area (Å²) >= 11 is 0.305. The van der Waals surface area contributed by atoms with Gasteiger partial charge in [0.05, 0.1) is 24.9 Å². The number of ether oxygens (including phenoxy) is 1. The van der Waals surface area contributed by atoms with E-state index in [4.69, 9.17) is 10.5 Å². The number of hydrogen-bond donors (Lipinski definition) is 1. The van der Waals surface area contributed by atoms with Gasteiger partial charge in [0.25, 0.3) is 0 Å². The van der Waals surface area contributed by atoms with Crippen LogP contribution in [-0.4, -0.2) is 25.0 Å². The summed E-state index contributed by atoms with van der Waals surface area (Å²) in [5.74, 6) is 0.592. The molecular weight excluding hydrogens is 200 g/mol. The lowest BCUT2D eigenvalue weighted by atomic mass is 10.1. The molecule has 1 saturated carbocycles. The molecule has 14 heavy (non-hydrogen) atoms. The number of nitrogens with two attached hydrogens (primary N) is 1. The normalized spacial score (nSPS) is 28.4. The second-order valence-electron chi connectivity index (χ2n) is 3.57. The van der Waals surface area contributed by atoms with Gasteiger partial charge in [-0.25, -0.2) is 0 Å². The van der Waals surface area contributed by atoms with E-state index < -0.39 is 0 Å². The minimum Gasteiger partial charge on any atom is -0.370 e. The van der Waals surface area contributed by atoms with E-state index in [1.807, 2.05) is 0 Å². The Morgan fingerprint density at radius 1 is 1.64 bits per heavy atom. The zero-order chi connectivity index (χ0) is 9.97. The van der Waals surface area contributed by atoms with Crippen molar-refractivity contribution >= 4 is 17.4 Å². The lowest BCUT2D eigenvalue weighted by molar-refractivity contribution is 0.0817. The summed E-state index contributed by atoms with van der Waals surface area (Å²) in [6.07, 6.45) is 4.12. The Morgan fingerprint density at radius 3 is 3.07 bits per heavy atom. The van der Waals surface area contributed by atoms with Crippen molar-refractivity contribution in [2.75, 3.05) is 13.2 Å². The molecule has 5 heteroatoms. The van der Waals surface area contributed by atoms with Gasteiger partial charge in [-0.2, -0.15) is 0 Å². The van der Waals surface area contributed by atoms with Crippen molar-refractivity contribution in [1.82, 2.24) is 0 Å². The van der Waals surface area contributed by atoms with Crippen LogP contribution < -0.4 is 5.73 Å². The van der Waals surface area contributed by atoms with Gasteiger partial charge in [0.15, 0.2) is 0 Å². The number of hydrogen-bond acceptors (Lipinski definition) is 4. The average Bonchev–Trinajstić information content (AvgIpc) is 3.02. The van der Waals surface area contributed by atoms with Crippen LogP contribution in [0.15, 0.2) is 16.1 Å². The molecule has 1 atom stereocenters. The van der Waals surface area contributed by atoms with E-state index in [0.717, 1.165) is 5.71 Å². The molecule has 0 bridgehead atoms. The highest BCUT2D eigenvalue weighted by molar-refractivity contribution is 7.70. The molecule has 1 heterocycles. The number of rotatable bonds is 3. The van der Waals surface area contributed by atoms with Crippen LogP contribution in [0, 0.1) is 5.92 Å². The Kier molecular flexibility index (Phi) is 2.88. The molecule has 1 aliphatic heterocycles. The van der Waals surface area contributed by atoms with Gasteiger partial charge in [0, 0.05) is 4.21 Å². The number of nitrogens with zero attached hydrogens (tertiary/aromatic N) is 1. The Balaban J connectivity index is 2.12. The molecule has 2 aliphatic rings. The van der Waals surface area contributed by atoms with E-state index in [9.17, 15) is 4.21 Å². The molecule has 76 valence electrons.